The van der Waals surface area contributed by atoms with Crippen molar-refractivity contribution in [1.82, 2.24) is 0 Å². The molecular weight excluding hydrogens is 709 g/mol. The normalized spacial score (nSPS) is 12.5. The highest BCUT2D eigenvalue weighted by Gasteiger charge is 2.31. The molecule has 57 heavy (non-hydrogen) atoms. The van der Waals surface area contributed by atoms with Crippen LogP contribution in [0.3, 0.4) is 0 Å². The molecule has 1 aliphatic heterocycles. The minimum Gasteiger partial charge on any atom is -0.307 e. The molecule has 0 N–H and O–H groups in total. The molecule has 0 saturated carbocycles. The molecule has 0 radical (unpaired) electrons. The van der Waals surface area contributed by atoms with E-state index in [2.05, 4.69) is 216 Å². The van der Waals surface area contributed by atoms with Gasteiger partial charge in [-0.1, -0.05) is 182 Å². The molecule has 266 valence electrons. The van der Waals surface area contributed by atoms with Crippen LogP contribution in [0.15, 0.2) is 216 Å². The number of anilines is 6. The average Bonchev–Trinajstić information content (AvgIpc) is 3.27. The number of nitrogens with zero attached hydrogens (tertiary/aromatic N) is 2. The second-order valence-electron chi connectivity index (χ2n) is 14.8. The molecule has 2 nitrogen and oxygen atoms in total. The molecule has 0 aliphatic carbocycles. The van der Waals surface area contributed by atoms with Crippen molar-refractivity contribution < 1.29 is 0 Å². The van der Waals surface area contributed by atoms with E-state index >= 15 is 0 Å². The largest absolute Gasteiger partial charge is 0.307 e. The Balaban J connectivity index is 1.31. The van der Waals surface area contributed by atoms with E-state index in [1.165, 1.54) is 109 Å². The first-order valence-corrected chi connectivity index (χ1v) is 20.3. The fourth-order valence-corrected chi connectivity index (χ4v) is 10.4. The maximum absolute atomic E-state index is 2.64. The number of rotatable bonds is 4. The molecule has 12 rings (SSSR count). The van der Waals surface area contributed by atoms with Gasteiger partial charge in [0.15, 0.2) is 0 Å². The summed E-state index contributed by atoms with van der Waals surface area (Å²) in [4.78, 5) is 7.65. The highest BCUT2D eigenvalue weighted by atomic mass is 32.2. The lowest BCUT2D eigenvalue weighted by atomic mass is 9.92. The van der Waals surface area contributed by atoms with Crippen molar-refractivity contribution in [2.24, 2.45) is 0 Å². The van der Waals surface area contributed by atoms with Crippen LogP contribution in [-0.4, -0.2) is 0 Å². The van der Waals surface area contributed by atoms with Crippen molar-refractivity contribution in [2.45, 2.75) is 9.79 Å². The van der Waals surface area contributed by atoms with Crippen LogP contribution in [0.2, 0.25) is 0 Å². The van der Waals surface area contributed by atoms with Crippen LogP contribution in [0, 0.1) is 0 Å². The molecule has 1 heterocycles. The van der Waals surface area contributed by atoms with E-state index in [0.717, 1.165) is 0 Å². The Morgan fingerprint density at radius 1 is 0.298 bits per heavy atom. The van der Waals surface area contributed by atoms with Crippen LogP contribution >= 0.6 is 11.8 Å². The third-order valence-electron chi connectivity index (χ3n) is 11.7. The Hall–Kier alpha value is -7.07. The molecule has 0 bridgehead atoms. The van der Waals surface area contributed by atoms with Gasteiger partial charge in [0.2, 0.25) is 0 Å². The Kier molecular flexibility index (Phi) is 7.20. The van der Waals surface area contributed by atoms with Crippen molar-refractivity contribution in [1.29, 1.82) is 0 Å². The maximum atomic E-state index is 2.64. The summed E-state index contributed by atoms with van der Waals surface area (Å²) in [6, 6.07) is 76.1. The topological polar surface area (TPSA) is 6.48 Å². The summed E-state index contributed by atoms with van der Waals surface area (Å²) in [5.74, 6) is 0. The summed E-state index contributed by atoms with van der Waals surface area (Å²) in [5.41, 5.74) is 7.11. The van der Waals surface area contributed by atoms with E-state index in [1.54, 1.807) is 0 Å². The number of hydrogen-bond acceptors (Lipinski definition) is 3. The van der Waals surface area contributed by atoms with Gasteiger partial charge in [-0.3, -0.25) is 0 Å². The first-order chi connectivity index (χ1) is 28.3. The number of para-hydroxylation sites is 2. The van der Waals surface area contributed by atoms with Crippen LogP contribution in [0.5, 0.6) is 0 Å². The van der Waals surface area contributed by atoms with Crippen LogP contribution in [-0.2, 0) is 0 Å². The second kappa shape index (κ2) is 12.7. The SMILES string of the molecule is c1ccc2c(c1)Sc1ccccc1N2c1c2ccccc2c(N(c2c3ccccc3cc3ccccc23)c2c3ccccc3cc3ccccc23)c2ccccc12. The van der Waals surface area contributed by atoms with Crippen molar-refractivity contribution in [3.8, 4) is 0 Å². The lowest BCUT2D eigenvalue weighted by Gasteiger charge is -2.37. The van der Waals surface area contributed by atoms with Crippen LogP contribution in [0.1, 0.15) is 0 Å². The maximum Gasteiger partial charge on any atom is 0.0621 e. The van der Waals surface area contributed by atoms with Crippen molar-refractivity contribution in [3.05, 3.63) is 206 Å². The van der Waals surface area contributed by atoms with Gasteiger partial charge in [0.25, 0.3) is 0 Å². The van der Waals surface area contributed by atoms with E-state index in [9.17, 15) is 0 Å². The lowest BCUT2D eigenvalue weighted by molar-refractivity contribution is 1.18. The monoisotopic (exact) mass is 742 g/mol. The molecule has 0 fully saturated rings. The van der Waals surface area contributed by atoms with Gasteiger partial charge in [-0.15, -0.1) is 0 Å². The summed E-state index contributed by atoms with van der Waals surface area (Å²) >= 11 is 1.85. The first kappa shape index (κ1) is 32.2. The first-order valence-electron chi connectivity index (χ1n) is 19.5. The molecular formula is C54H34N2S. The molecule has 1 aliphatic rings. The van der Waals surface area contributed by atoms with Gasteiger partial charge in [-0.25, -0.2) is 0 Å². The van der Waals surface area contributed by atoms with Crippen LogP contribution in [0.25, 0.3) is 64.6 Å². The van der Waals surface area contributed by atoms with E-state index in [0.29, 0.717) is 0 Å². The van der Waals surface area contributed by atoms with E-state index in [4.69, 9.17) is 0 Å². The number of hydrogen-bond donors (Lipinski definition) is 0. The Bertz CT molecular complexity index is 3090. The van der Waals surface area contributed by atoms with Gasteiger partial charge in [0.05, 0.1) is 34.1 Å². The summed E-state index contributed by atoms with van der Waals surface area (Å²) in [6.07, 6.45) is 0. The molecule has 0 saturated heterocycles. The summed E-state index contributed by atoms with van der Waals surface area (Å²) < 4.78 is 0. The molecule has 0 unspecified atom stereocenters. The molecule has 0 amide bonds. The van der Waals surface area contributed by atoms with Crippen molar-refractivity contribution >= 4 is 111 Å². The third kappa shape index (κ3) is 4.86. The van der Waals surface area contributed by atoms with Gasteiger partial charge in [0, 0.05) is 52.9 Å². The highest BCUT2D eigenvalue weighted by Crippen LogP contribution is 2.58. The quantitative estimate of drug-likeness (QED) is 0.166. The summed E-state index contributed by atoms with van der Waals surface area (Å²) in [7, 11) is 0. The van der Waals surface area contributed by atoms with Gasteiger partial charge in [-0.2, -0.15) is 0 Å². The Labute approximate surface area is 334 Å². The minimum atomic E-state index is 1.17. The zero-order chi connectivity index (χ0) is 37.5. The number of benzene rings is 11. The third-order valence-corrected chi connectivity index (χ3v) is 12.8. The molecule has 3 heteroatoms. The molecule has 0 spiro atoms. The second-order valence-corrected chi connectivity index (χ2v) is 15.9. The Morgan fingerprint density at radius 2 is 0.596 bits per heavy atom. The zero-order valence-corrected chi connectivity index (χ0v) is 31.7. The van der Waals surface area contributed by atoms with Gasteiger partial charge >= 0.3 is 0 Å². The molecule has 0 aromatic heterocycles. The zero-order valence-electron chi connectivity index (χ0n) is 30.9. The molecule has 11 aromatic carbocycles. The molecule has 0 atom stereocenters. The fraction of sp³-hybridized carbons (Fsp3) is 0. The van der Waals surface area contributed by atoms with Gasteiger partial charge < -0.3 is 9.80 Å². The van der Waals surface area contributed by atoms with Crippen molar-refractivity contribution in [3.63, 3.8) is 0 Å². The summed E-state index contributed by atoms with van der Waals surface area (Å²) in [5, 5.41) is 14.5. The predicted octanol–water partition coefficient (Wildman–Crippen LogP) is 16.0. The van der Waals surface area contributed by atoms with Crippen LogP contribution in [0.4, 0.5) is 34.1 Å². The van der Waals surface area contributed by atoms with E-state index < -0.39 is 0 Å². The van der Waals surface area contributed by atoms with Gasteiger partial charge in [-0.05, 0) is 57.9 Å². The summed E-state index contributed by atoms with van der Waals surface area (Å²) in [6.45, 7) is 0. The average molecular weight is 743 g/mol. The molecule has 11 aromatic rings. The number of fused-ring (bicyclic) bond motifs is 8. The van der Waals surface area contributed by atoms with Crippen LogP contribution < -0.4 is 9.80 Å². The van der Waals surface area contributed by atoms with E-state index in [-0.39, 0.29) is 0 Å². The lowest BCUT2D eigenvalue weighted by Crippen LogP contribution is -2.17. The minimum absolute atomic E-state index is 1.17. The smallest absolute Gasteiger partial charge is 0.0621 e. The predicted molar refractivity (Wildman–Crippen MR) is 245 cm³/mol. The van der Waals surface area contributed by atoms with Crippen molar-refractivity contribution in [2.75, 3.05) is 9.80 Å². The standard InChI is InChI=1S/C54H34N2S/c1-5-21-39-35(17-1)33-36-18-2-6-22-40(36)51(39)56(52-41-23-7-3-19-37(41)34-38-20-4-8-24-42(38)52)54-45-27-11-9-25-43(45)53(44-26-10-12-28-46(44)54)55-47-29-13-15-31-49(47)57-50-32-16-14-30-48(50)55/h1-34H. The highest BCUT2D eigenvalue weighted by molar-refractivity contribution is 7.99. The Morgan fingerprint density at radius 3 is 1.00 bits per heavy atom. The fourth-order valence-electron chi connectivity index (χ4n) is 9.31. The van der Waals surface area contributed by atoms with Gasteiger partial charge in [0.1, 0.15) is 0 Å². The van der Waals surface area contributed by atoms with E-state index in [1.807, 2.05) is 11.8 Å².